The number of primary amides is 1. The lowest BCUT2D eigenvalue weighted by atomic mass is 9.98. The third-order valence-corrected chi connectivity index (χ3v) is 3.67. The van der Waals surface area contributed by atoms with Crippen LogP contribution in [0.15, 0.2) is 18.2 Å². The van der Waals surface area contributed by atoms with Gasteiger partial charge in [-0.3, -0.25) is 9.59 Å². The van der Waals surface area contributed by atoms with E-state index in [4.69, 9.17) is 10.5 Å². The number of fused-ring (bicyclic) bond motifs is 1. The molecule has 8 nitrogen and oxygen atoms in total. The third-order valence-electron chi connectivity index (χ3n) is 3.67. The zero-order valence-electron chi connectivity index (χ0n) is 13.0. The molecule has 5 N–H and O–H groups in total. The van der Waals surface area contributed by atoms with Crippen LogP contribution in [0.4, 0.5) is 16.2 Å². The molecule has 2 rings (SSSR count). The summed E-state index contributed by atoms with van der Waals surface area (Å²) in [6.45, 7) is 3.73. The van der Waals surface area contributed by atoms with E-state index < -0.39 is 12.1 Å². The second-order valence-electron chi connectivity index (χ2n) is 5.41. The molecular formula is C15H20N4O4. The minimum Gasteiger partial charge on any atom is -0.482 e. The average molecular weight is 320 g/mol. The van der Waals surface area contributed by atoms with E-state index in [-0.39, 0.29) is 24.3 Å². The van der Waals surface area contributed by atoms with Gasteiger partial charge in [-0.15, -0.1) is 0 Å². The predicted octanol–water partition coefficient (Wildman–Crippen LogP) is 1.04. The number of nitrogens with two attached hydrogens (primary N) is 1. The average Bonchev–Trinajstić information content (AvgIpc) is 2.51. The summed E-state index contributed by atoms with van der Waals surface area (Å²) in [5, 5.41) is 7.83. The Kier molecular flexibility index (Phi) is 5.05. The molecule has 1 aliphatic rings. The maximum absolute atomic E-state index is 12.4. The Hall–Kier alpha value is -2.77. The van der Waals surface area contributed by atoms with Crippen LogP contribution in [0.5, 0.6) is 5.75 Å². The lowest BCUT2D eigenvalue weighted by Gasteiger charge is -2.23. The fourth-order valence-corrected chi connectivity index (χ4v) is 2.24. The van der Waals surface area contributed by atoms with Gasteiger partial charge in [0.1, 0.15) is 11.8 Å². The molecule has 0 unspecified atom stereocenters. The van der Waals surface area contributed by atoms with Gasteiger partial charge in [-0.1, -0.05) is 20.3 Å². The molecule has 1 heterocycles. The number of benzene rings is 1. The molecule has 0 aliphatic carbocycles. The predicted molar refractivity (Wildman–Crippen MR) is 85.2 cm³/mol. The number of carbonyl (C=O) groups excluding carboxylic acids is 3. The summed E-state index contributed by atoms with van der Waals surface area (Å²) >= 11 is 0. The molecule has 1 aromatic rings. The smallest absolute Gasteiger partial charge is 0.312 e. The van der Waals surface area contributed by atoms with Crippen LogP contribution in [0.2, 0.25) is 0 Å². The van der Waals surface area contributed by atoms with Crippen molar-refractivity contribution in [2.75, 3.05) is 17.2 Å². The molecule has 0 spiro atoms. The highest BCUT2D eigenvalue weighted by Crippen LogP contribution is 2.30. The summed E-state index contributed by atoms with van der Waals surface area (Å²) in [6.07, 6.45) is 0.701. The molecule has 0 fully saturated rings. The van der Waals surface area contributed by atoms with E-state index >= 15 is 0 Å². The van der Waals surface area contributed by atoms with Crippen LogP contribution < -0.4 is 26.4 Å². The molecule has 0 saturated heterocycles. The van der Waals surface area contributed by atoms with E-state index in [1.165, 1.54) is 0 Å². The molecule has 8 heteroatoms. The SMILES string of the molecule is CC[C@H](C)[C@H](NC(N)=O)C(=O)Nc1ccc2c(c1)NC(=O)CO2. The van der Waals surface area contributed by atoms with Gasteiger partial charge in [0.25, 0.3) is 5.91 Å². The number of anilines is 2. The number of hydrogen-bond acceptors (Lipinski definition) is 4. The monoisotopic (exact) mass is 320 g/mol. The summed E-state index contributed by atoms with van der Waals surface area (Å²) in [7, 11) is 0. The van der Waals surface area contributed by atoms with Crippen LogP contribution in [0.25, 0.3) is 0 Å². The maximum atomic E-state index is 12.4. The fourth-order valence-electron chi connectivity index (χ4n) is 2.24. The summed E-state index contributed by atoms with van der Waals surface area (Å²) in [4.78, 5) is 34.8. The van der Waals surface area contributed by atoms with Gasteiger partial charge in [-0.05, 0) is 24.1 Å². The standard InChI is InChI=1S/C15H20N4O4/c1-3-8(2)13(19-15(16)22)14(21)17-9-4-5-11-10(6-9)18-12(20)7-23-11/h4-6,8,13H,3,7H2,1-2H3,(H,17,21)(H,18,20)(H3,16,19,22)/t8-,13-/m0/s1. The molecule has 0 bridgehead atoms. The van der Waals surface area contributed by atoms with Gasteiger partial charge in [0.05, 0.1) is 5.69 Å². The Balaban J connectivity index is 2.13. The van der Waals surface area contributed by atoms with E-state index in [9.17, 15) is 14.4 Å². The minimum atomic E-state index is -0.753. The Labute approximate surface area is 133 Å². The van der Waals surface area contributed by atoms with Crippen molar-refractivity contribution < 1.29 is 19.1 Å². The number of amides is 4. The van der Waals surface area contributed by atoms with Gasteiger partial charge in [-0.25, -0.2) is 4.79 Å². The van der Waals surface area contributed by atoms with Crippen molar-refractivity contribution in [1.29, 1.82) is 0 Å². The lowest BCUT2D eigenvalue weighted by Crippen LogP contribution is -2.49. The van der Waals surface area contributed by atoms with Crippen LogP contribution in [0, 0.1) is 5.92 Å². The first-order valence-electron chi connectivity index (χ1n) is 7.34. The highest BCUT2D eigenvalue weighted by atomic mass is 16.5. The molecule has 124 valence electrons. The van der Waals surface area contributed by atoms with E-state index in [0.717, 1.165) is 0 Å². The second kappa shape index (κ2) is 6.99. The van der Waals surface area contributed by atoms with Gasteiger partial charge in [-0.2, -0.15) is 0 Å². The normalized spacial score (nSPS) is 15.5. The van der Waals surface area contributed by atoms with Crippen molar-refractivity contribution >= 4 is 29.2 Å². The number of rotatable bonds is 5. The zero-order chi connectivity index (χ0) is 17.0. The van der Waals surface area contributed by atoms with Crippen molar-refractivity contribution in [3.63, 3.8) is 0 Å². The first kappa shape index (κ1) is 16.6. The van der Waals surface area contributed by atoms with Gasteiger partial charge >= 0.3 is 6.03 Å². The number of ether oxygens (including phenoxy) is 1. The molecule has 0 radical (unpaired) electrons. The van der Waals surface area contributed by atoms with E-state index in [2.05, 4.69) is 16.0 Å². The largest absolute Gasteiger partial charge is 0.482 e. The first-order chi connectivity index (χ1) is 10.9. The molecular weight excluding hydrogens is 300 g/mol. The van der Waals surface area contributed by atoms with E-state index in [0.29, 0.717) is 23.5 Å². The lowest BCUT2D eigenvalue weighted by molar-refractivity contribution is -0.119. The Bertz CT molecular complexity index is 632. The molecule has 23 heavy (non-hydrogen) atoms. The van der Waals surface area contributed by atoms with Crippen molar-refractivity contribution in [1.82, 2.24) is 5.32 Å². The Morgan fingerprint density at radius 1 is 1.43 bits per heavy atom. The molecule has 0 aromatic heterocycles. The highest BCUT2D eigenvalue weighted by molar-refractivity contribution is 5.99. The number of hydrogen-bond donors (Lipinski definition) is 4. The quantitative estimate of drug-likeness (QED) is 0.647. The Morgan fingerprint density at radius 3 is 2.83 bits per heavy atom. The van der Waals surface area contributed by atoms with Crippen molar-refractivity contribution in [2.24, 2.45) is 11.7 Å². The summed E-state index contributed by atoms with van der Waals surface area (Å²) in [6, 6.07) is 3.43. The molecule has 4 amide bonds. The molecule has 1 aliphatic heterocycles. The Morgan fingerprint density at radius 2 is 2.17 bits per heavy atom. The van der Waals surface area contributed by atoms with Gasteiger partial charge in [0.2, 0.25) is 5.91 Å². The summed E-state index contributed by atoms with van der Waals surface area (Å²) in [5.41, 5.74) is 6.10. The zero-order valence-corrected chi connectivity index (χ0v) is 13.0. The van der Waals surface area contributed by atoms with Crippen LogP contribution >= 0.6 is 0 Å². The highest BCUT2D eigenvalue weighted by Gasteiger charge is 2.25. The number of nitrogens with one attached hydrogen (secondary N) is 3. The molecule has 2 atom stereocenters. The molecule has 0 saturated carbocycles. The van der Waals surface area contributed by atoms with Gasteiger partial charge in [0.15, 0.2) is 6.61 Å². The van der Waals surface area contributed by atoms with E-state index in [1.54, 1.807) is 18.2 Å². The summed E-state index contributed by atoms with van der Waals surface area (Å²) in [5.74, 6) is -0.172. The number of carbonyl (C=O) groups is 3. The van der Waals surface area contributed by atoms with Crippen molar-refractivity contribution in [3.05, 3.63) is 18.2 Å². The van der Waals surface area contributed by atoms with Crippen LogP contribution in [-0.4, -0.2) is 30.5 Å². The fraction of sp³-hybridized carbons (Fsp3) is 0.400. The summed E-state index contributed by atoms with van der Waals surface area (Å²) < 4.78 is 5.25. The third kappa shape index (κ3) is 4.12. The van der Waals surface area contributed by atoms with Crippen LogP contribution in [0.1, 0.15) is 20.3 Å². The first-order valence-corrected chi connectivity index (χ1v) is 7.34. The van der Waals surface area contributed by atoms with Crippen molar-refractivity contribution in [2.45, 2.75) is 26.3 Å². The van der Waals surface area contributed by atoms with E-state index in [1.807, 2.05) is 13.8 Å². The van der Waals surface area contributed by atoms with Gasteiger partial charge < -0.3 is 26.4 Å². The van der Waals surface area contributed by atoms with Crippen LogP contribution in [-0.2, 0) is 9.59 Å². The topological polar surface area (TPSA) is 123 Å². The van der Waals surface area contributed by atoms with Gasteiger partial charge in [0, 0.05) is 5.69 Å². The van der Waals surface area contributed by atoms with Crippen LogP contribution in [0.3, 0.4) is 0 Å². The van der Waals surface area contributed by atoms with Crippen molar-refractivity contribution in [3.8, 4) is 5.75 Å². The molecule has 1 aromatic carbocycles. The number of urea groups is 1. The second-order valence-corrected chi connectivity index (χ2v) is 5.41. The minimum absolute atomic E-state index is 0.0304. The maximum Gasteiger partial charge on any atom is 0.312 e.